The van der Waals surface area contributed by atoms with Gasteiger partial charge in [-0.2, -0.15) is 0 Å². The number of hydrogen-bond acceptors (Lipinski definition) is 6. The molecule has 152 valence electrons. The molecule has 0 amide bonds. The van der Waals surface area contributed by atoms with Crippen LogP contribution in [0.25, 0.3) is 0 Å². The molecule has 6 nitrogen and oxygen atoms in total. The van der Waals surface area contributed by atoms with Crippen molar-refractivity contribution in [3.05, 3.63) is 70.2 Å². The van der Waals surface area contributed by atoms with Crippen molar-refractivity contribution in [3.8, 4) is 11.5 Å². The van der Waals surface area contributed by atoms with Gasteiger partial charge in [0.2, 0.25) is 0 Å². The summed E-state index contributed by atoms with van der Waals surface area (Å²) in [5.41, 5.74) is 8.18. The van der Waals surface area contributed by atoms with Crippen LogP contribution in [0, 0.1) is 5.41 Å². The second-order valence-electron chi connectivity index (χ2n) is 6.74. The average molecular weight is 411 g/mol. The van der Waals surface area contributed by atoms with Crippen LogP contribution in [0.1, 0.15) is 42.9 Å². The Morgan fingerprint density at radius 2 is 1.93 bits per heavy atom. The molecule has 0 aliphatic rings. The van der Waals surface area contributed by atoms with Crippen molar-refractivity contribution in [2.75, 3.05) is 11.9 Å². The molecule has 0 spiro atoms. The number of nitrogens with two attached hydrogens (primary N) is 1. The van der Waals surface area contributed by atoms with Gasteiger partial charge in [-0.05, 0) is 62.7 Å². The number of rotatable bonds is 9. The molecule has 0 aliphatic heterocycles. The van der Waals surface area contributed by atoms with Crippen molar-refractivity contribution >= 4 is 22.9 Å². The number of benzene rings is 2. The fraction of sp³-hybridized carbons (Fsp3) is 0.273. The minimum absolute atomic E-state index is 0.0510. The molecule has 1 atom stereocenters. The van der Waals surface area contributed by atoms with E-state index in [1.165, 1.54) is 0 Å². The van der Waals surface area contributed by atoms with Gasteiger partial charge in [-0.25, -0.2) is 4.98 Å². The lowest BCUT2D eigenvalue weighted by Gasteiger charge is -2.21. The van der Waals surface area contributed by atoms with E-state index >= 15 is 0 Å². The van der Waals surface area contributed by atoms with E-state index in [9.17, 15) is 0 Å². The molecule has 3 rings (SSSR count). The molecule has 0 saturated carbocycles. The first kappa shape index (κ1) is 20.7. The Morgan fingerprint density at radius 1 is 1.17 bits per heavy atom. The maximum Gasteiger partial charge on any atom is 0.161 e. The summed E-state index contributed by atoms with van der Waals surface area (Å²) >= 11 is 1.59. The molecule has 1 aromatic heterocycles. The summed E-state index contributed by atoms with van der Waals surface area (Å²) in [5, 5.41) is 14.0. The lowest BCUT2D eigenvalue weighted by atomic mass is 10.1. The van der Waals surface area contributed by atoms with E-state index in [-0.39, 0.29) is 18.0 Å². The highest BCUT2D eigenvalue weighted by atomic mass is 32.1. The Hall–Kier alpha value is -3.06. The fourth-order valence-electron chi connectivity index (χ4n) is 2.90. The molecule has 0 bridgehead atoms. The molecule has 0 fully saturated rings. The Morgan fingerprint density at radius 3 is 2.52 bits per heavy atom. The van der Waals surface area contributed by atoms with Crippen LogP contribution in [0.5, 0.6) is 11.5 Å². The highest BCUT2D eigenvalue weighted by Crippen LogP contribution is 2.35. The van der Waals surface area contributed by atoms with Gasteiger partial charge in [0, 0.05) is 22.8 Å². The van der Waals surface area contributed by atoms with Crippen molar-refractivity contribution in [1.29, 1.82) is 5.41 Å². The van der Waals surface area contributed by atoms with E-state index in [1.54, 1.807) is 17.5 Å². The first-order valence-corrected chi connectivity index (χ1v) is 10.4. The fourth-order valence-corrected chi connectivity index (χ4v) is 3.62. The molecular formula is C22H26N4O2S. The minimum Gasteiger partial charge on any atom is -0.490 e. The minimum atomic E-state index is -0.148. The molecule has 3 aromatic rings. The average Bonchev–Trinajstić information content (AvgIpc) is 3.22. The third-order valence-electron chi connectivity index (χ3n) is 4.17. The van der Waals surface area contributed by atoms with E-state index in [4.69, 9.17) is 20.6 Å². The second-order valence-corrected chi connectivity index (χ2v) is 7.67. The molecule has 2 aromatic carbocycles. The topological polar surface area (TPSA) is 93.2 Å². The summed E-state index contributed by atoms with van der Waals surface area (Å²) in [6.45, 7) is 6.50. The number of thiazole rings is 1. The molecular weight excluding hydrogens is 384 g/mol. The number of anilines is 1. The van der Waals surface area contributed by atoms with Crippen molar-refractivity contribution in [2.45, 2.75) is 32.9 Å². The standard InChI is InChI=1S/C22H26N4O2S/c1-4-27-19-13-16(7-10-18(19)28-14(2)3)20(22-25-11-12-29-22)26-17-8-5-15(6-9-17)21(23)24/h5-14,20,26H,4H2,1-3H3,(H3,23,24). The molecule has 1 heterocycles. The van der Waals surface area contributed by atoms with Gasteiger partial charge in [-0.3, -0.25) is 5.41 Å². The Balaban J connectivity index is 1.94. The predicted octanol–water partition coefficient (Wildman–Crippen LogP) is 4.81. The van der Waals surface area contributed by atoms with Gasteiger partial charge in [0.15, 0.2) is 11.5 Å². The number of aromatic nitrogens is 1. The summed E-state index contributed by atoms with van der Waals surface area (Å²) in [7, 11) is 0. The lowest BCUT2D eigenvalue weighted by Crippen LogP contribution is -2.14. The summed E-state index contributed by atoms with van der Waals surface area (Å²) in [6, 6.07) is 13.3. The van der Waals surface area contributed by atoms with Crippen LogP contribution in [-0.4, -0.2) is 23.5 Å². The molecule has 0 saturated heterocycles. The number of ether oxygens (including phenoxy) is 2. The lowest BCUT2D eigenvalue weighted by molar-refractivity contribution is 0.223. The van der Waals surface area contributed by atoms with Crippen LogP contribution in [0.3, 0.4) is 0 Å². The van der Waals surface area contributed by atoms with E-state index < -0.39 is 0 Å². The maximum absolute atomic E-state index is 7.55. The Labute approximate surface area is 175 Å². The molecule has 29 heavy (non-hydrogen) atoms. The maximum atomic E-state index is 7.55. The number of amidine groups is 1. The van der Waals surface area contributed by atoms with Crippen LogP contribution in [0.2, 0.25) is 0 Å². The van der Waals surface area contributed by atoms with Crippen molar-refractivity contribution < 1.29 is 9.47 Å². The van der Waals surface area contributed by atoms with Crippen LogP contribution in [-0.2, 0) is 0 Å². The van der Waals surface area contributed by atoms with Crippen molar-refractivity contribution in [3.63, 3.8) is 0 Å². The van der Waals surface area contributed by atoms with Crippen LogP contribution in [0.4, 0.5) is 5.69 Å². The summed E-state index contributed by atoms with van der Waals surface area (Å²) in [4.78, 5) is 4.51. The van der Waals surface area contributed by atoms with Gasteiger partial charge in [-0.1, -0.05) is 6.07 Å². The summed E-state index contributed by atoms with van der Waals surface area (Å²) < 4.78 is 11.7. The number of nitrogens with one attached hydrogen (secondary N) is 2. The smallest absolute Gasteiger partial charge is 0.161 e. The van der Waals surface area contributed by atoms with Gasteiger partial charge in [0.25, 0.3) is 0 Å². The summed E-state index contributed by atoms with van der Waals surface area (Å²) in [5.74, 6) is 1.50. The van der Waals surface area contributed by atoms with Gasteiger partial charge in [0.1, 0.15) is 16.9 Å². The third kappa shape index (κ3) is 5.26. The number of nitrogens with zero attached hydrogens (tertiary/aromatic N) is 1. The first-order valence-electron chi connectivity index (χ1n) is 9.51. The number of nitrogen functional groups attached to an aromatic ring is 1. The second kappa shape index (κ2) is 9.43. The Kier molecular flexibility index (Phi) is 6.72. The van der Waals surface area contributed by atoms with Crippen molar-refractivity contribution in [2.24, 2.45) is 5.73 Å². The zero-order valence-electron chi connectivity index (χ0n) is 16.8. The quantitative estimate of drug-likeness (QED) is 0.347. The molecule has 0 radical (unpaired) electrons. The van der Waals surface area contributed by atoms with Crippen LogP contribution in [0.15, 0.2) is 54.0 Å². The monoisotopic (exact) mass is 410 g/mol. The molecule has 7 heteroatoms. The zero-order valence-corrected chi connectivity index (χ0v) is 17.6. The third-order valence-corrected chi connectivity index (χ3v) is 5.01. The molecule has 4 N–H and O–H groups in total. The number of hydrogen-bond donors (Lipinski definition) is 3. The first-order chi connectivity index (χ1) is 14.0. The van der Waals surface area contributed by atoms with Gasteiger partial charge in [-0.15, -0.1) is 11.3 Å². The normalized spacial score (nSPS) is 11.9. The van der Waals surface area contributed by atoms with Crippen molar-refractivity contribution in [1.82, 2.24) is 4.98 Å². The SMILES string of the molecule is CCOc1cc(C(Nc2ccc(C(=N)N)cc2)c2nccs2)ccc1OC(C)C. The van der Waals surface area contributed by atoms with Crippen LogP contribution < -0.4 is 20.5 Å². The van der Waals surface area contributed by atoms with E-state index in [0.29, 0.717) is 17.9 Å². The van der Waals surface area contributed by atoms with Gasteiger partial charge < -0.3 is 20.5 Å². The van der Waals surface area contributed by atoms with E-state index in [2.05, 4.69) is 10.3 Å². The van der Waals surface area contributed by atoms with Crippen LogP contribution >= 0.6 is 11.3 Å². The zero-order chi connectivity index (χ0) is 20.8. The van der Waals surface area contributed by atoms with Gasteiger partial charge in [0.05, 0.1) is 12.7 Å². The van der Waals surface area contributed by atoms with Gasteiger partial charge >= 0.3 is 0 Å². The molecule has 0 aliphatic carbocycles. The molecule has 1 unspecified atom stereocenters. The largest absolute Gasteiger partial charge is 0.490 e. The highest BCUT2D eigenvalue weighted by molar-refractivity contribution is 7.09. The predicted molar refractivity (Wildman–Crippen MR) is 118 cm³/mol. The van der Waals surface area contributed by atoms with E-state index in [1.807, 2.05) is 68.6 Å². The Bertz CT molecular complexity index is 940. The van der Waals surface area contributed by atoms with E-state index in [0.717, 1.165) is 22.0 Å². The summed E-state index contributed by atoms with van der Waals surface area (Å²) in [6.07, 6.45) is 1.86. The highest BCUT2D eigenvalue weighted by Gasteiger charge is 2.19.